The van der Waals surface area contributed by atoms with Gasteiger partial charge in [0.25, 0.3) is 5.91 Å². The van der Waals surface area contributed by atoms with E-state index in [-0.39, 0.29) is 5.91 Å². The fraction of sp³-hybridized carbons (Fsp3) is 0.0714. The van der Waals surface area contributed by atoms with Gasteiger partial charge < -0.3 is 10.1 Å². The number of ether oxygens (including phenoxy) is 1. The van der Waals surface area contributed by atoms with Crippen LogP contribution in [-0.4, -0.2) is 5.91 Å². The summed E-state index contributed by atoms with van der Waals surface area (Å²) in [6.45, 7) is 0. The molecule has 0 radical (unpaired) electrons. The Bertz CT molecular complexity index is 551. The second kappa shape index (κ2) is 3.94. The average molecular weight is 225 g/mol. The van der Waals surface area contributed by atoms with Gasteiger partial charge in [-0.15, -0.1) is 0 Å². The molecule has 0 unspecified atom stereocenters. The van der Waals surface area contributed by atoms with Crippen molar-refractivity contribution in [1.82, 2.24) is 5.32 Å². The summed E-state index contributed by atoms with van der Waals surface area (Å²) in [6, 6.07) is 16.9. The van der Waals surface area contributed by atoms with Crippen LogP contribution in [0.1, 0.15) is 22.1 Å². The molecule has 17 heavy (non-hydrogen) atoms. The molecule has 2 aromatic rings. The van der Waals surface area contributed by atoms with Crippen molar-refractivity contribution in [3.05, 3.63) is 65.7 Å². The van der Waals surface area contributed by atoms with Crippen molar-refractivity contribution < 1.29 is 9.53 Å². The van der Waals surface area contributed by atoms with E-state index in [1.54, 1.807) is 6.07 Å². The summed E-state index contributed by atoms with van der Waals surface area (Å²) < 4.78 is 5.76. The van der Waals surface area contributed by atoms with Crippen molar-refractivity contribution in [2.75, 3.05) is 0 Å². The Morgan fingerprint density at radius 2 is 1.65 bits per heavy atom. The summed E-state index contributed by atoms with van der Waals surface area (Å²) in [6.07, 6.45) is -0.404. The fourth-order valence-electron chi connectivity index (χ4n) is 1.89. The quantitative estimate of drug-likeness (QED) is 0.809. The number of nitrogens with one attached hydrogen (secondary N) is 1. The number of fused-ring (bicyclic) bond motifs is 1. The first-order valence-electron chi connectivity index (χ1n) is 5.46. The lowest BCUT2D eigenvalue weighted by molar-refractivity contribution is 0.0756. The first-order valence-corrected chi connectivity index (χ1v) is 5.46. The van der Waals surface area contributed by atoms with Crippen LogP contribution < -0.4 is 10.1 Å². The molecule has 1 heterocycles. The number of benzene rings is 2. The van der Waals surface area contributed by atoms with Crippen LogP contribution in [0.4, 0.5) is 0 Å². The van der Waals surface area contributed by atoms with Crippen molar-refractivity contribution >= 4 is 5.91 Å². The van der Waals surface area contributed by atoms with Crippen LogP contribution in [0, 0.1) is 0 Å². The number of rotatable bonds is 1. The number of amides is 1. The van der Waals surface area contributed by atoms with Crippen LogP contribution in [0.15, 0.2) is 54.6 Å². The van der Waals surface area contributed by atoms with Gasteiger partial charge in [-0.25, -0.2) is 0 Å². The van der Waals surface area contributed by atoms with Crippen LogP contribution in [-0.2, 0) is 0 Å². The molecule has 3 nitrogen and oxygen atoms in total. The third-order valence-electron chi connectivity index (χ3n) is 2.74. The highest BCUT2D eigenvalue weighted by Crippen LogP contribution is 2.28. The van der Waals surface area contributed by atoms with Gasteiger partial charge in [0.1, 0.15) is 5.75 Å². The highest BCUT2D eigenvalue weighted by atomic mass is 16.5. The van der Waals surface area contributed by atoms with Crippen LogP contribution >= 0.6 is 0 Å². The van der Waals surface area contributed by atoms with Crippen LogP contribution in [0.25, 0.3) is 0 Å². The lowest BCUT2D eigenvalue weighted by atomic mass is 10.1. The van der Waals surface area contributed by atoms with E-state index in [9.17, 15) is 4.79 Å². The third-order valence-corrected chi connectivity index (χ3v) is 2.74. The zero-order valence-corrected chi connectivity index (χ0v) is 9.09. The molecule has 1 aliphatic rings. The minimum atomic E-state index is -0.404. The summed E-state index contributed by atoms with van der Waals surface area (Å²) in [7, 11) is 0. The zero-order valence-electron chi connectivity index (χ0n) is 9.09. The van der Waals surface area contributed by atoms with Crippen molar-refractivity contribution in [3.8, 4) is 5.75 Å². The van der Waals surface area contributed by atoms with E-state index in [4.69, 9.17) is 4.74 Å². The van der Waals surface area contributed by atoms with Gasteiger partial charge >= 0.3 is 0 Å². The third kappa shape index (κ3) is 1.76. The van der Waals surface area contributed by atoms with Gasteiger partial charge in [0.15, 0.2) is 6.23 Å². The molecule has 0 spiro atoms. The Kier molecular flexibility index (Phi) is 2.29. The summed E-state index contributed by atoms with van der Waals surface area (Å²) in [5.41, 5.74) is 1.52. The molecular weight excluding hydrogens is 214 g/mol. The second-order valence-corrected chi connectivity index (χ2v) is 3.88. The maximum absolute atomic E-state index is 11.9. The van der Waals surface area contributed by atoms with E-state index >= 15 is 0 Å². The molecule has 1 atom stereocenters. The molecular formula is C14H11NO2. The summed E-state index contributed by atoms with van der Waals surface area (Å²) in [4.78, 5) is 11.9. The number of hydrogen-bond donors (Lipinski definition) is 1. The standard InChI is InChI=1S/C14H11NO2/c16-13-11-8-4-5-9-12(11)17-14(15-13)10-6-2-1-3-7-10/h1-9,14H,(H,15,16)/t14-/m0/s1. The maximum Gasteiger partial charge on any atom is 0.258 e. The number of carbonyl (C=O) groups is 1. The van der Waals surface area contributed by atoms with Crippen molar-refractivity contribution in [3.63, 3.8) is 0 Å². The fourth-order valence-corrected chi connectivity index (χ4v) is 1.89. The molecule has 0 fully saturated rings. The highest BCUT2D eigenvalue weighted by Gasteiger charge is 2.25. The molecule has 0 saturated carbocycles. The summed E-state index contributed by atoms with van der Waals surface area (Å²) in [5, 5.41) is 2.83. The number of para-hydroxylation sites is 1. The molecule has 1 N–H and O–H groups in total. The van der Waals surface area contributed by atoms with Crippen LogP contribution in [0.2, 0.25) is 0 Å². The molecule has 1 amide bonds. The van der Waals surface area contributed by atoms with E-state index in [0.717, 1.165) is 5.56 Å². The molecule has 3 heteroatoms. The predicted octanol–water partition coefficient (Wildman–Crippen LogP) is 2.51. The highest BCUT2D eigenvalue weighted by molar-refractivity contribution is 5.97. The minimum Gasteiger partial charge on any atom is -0.466 e. The Morgan fingerprint density at radius 3 is 2.47 bits per heavy atom. The van der Waals surface area contributed by atoms with Crippen molar-refractivity contribution in [2.45, 2.75) is 6.23 Å². The SMILES string of the molecule is O=C1N[C@H](c2ccccc2)Oc2ccccc21. The lowest BCUT2D eigenvalue weighted by Crippen LogP contribution is -2.36. The van der Waals surface area contributed by atoms with Crippen molar-refractivity contribution in [2.24, 2.45) is 0 Å². The van der Waals surface area contributed by atoms with E-state index in [1.807, 2.05) is 48.5 Å². The second-order valence-electron chi connectivity index (χ2n) is 3.88. The molecule has 0 bridgehead atoms. The number of carbonyl (C=O) groups excluding carboxylic acids is 1. The molecule has 84 valence electrons. The molecule has 0 aromatic heterocycles. The van der Waals surface area contributed by atoms with E-state index in [0.29, 0.717) is 11.3 Å². The Balaban J connectivity index is 1.97. The lowest BCUT2D eigenvalue weighted by Gasteiger charge is -2.26. The number of hydrogen-bond acceptors (Lipinski definition) is 2. The van der Waals surface area contributed by atoms with Crippen LogP contribution in [0.3, 0.4) is 0 Å². The van der Waals surface area contributed by atoms with Crippen molar-refractivity contribution in [1.29, 1.82) is 0 Å². The van der Waals surface area contributed by atoms with Gasteiger partial charge in [-0.3, -0.25) is 4.79 Å². The van der Waals surface area contributed by atoms with Gasteiger partial charge in [0, 0.05) is 5.56 Å². The molecule has 1 aliphatic heterocycles. The Labute approximate surface area is 99.0 Å². The molecule has 2 aromatic carbocycles. The molecule has 0 saturated heterocycles. The first-order chi connectivity index (χ1) is 8.34. The van der Waals surface area contributed by atoms with Gasteiger partial charge in [-0.2, -0.15) is 0 Å². The molecule has 0 aliphatic carbocycles. The first kappa shape index (κ1) is 9.90. The van der Waals surface area contributed by atoms with Gasteiger partial charge in [0.05, 0.1) is 5.56 Å². The van der Waals surface area contributed by atoms with E-state index in [1.165, 1.54) is 0 Å². The Hall–Kier alpha value is -2.29. The monoisotopic (exact) mass is 225 g/mol. The van der Waals surface area contributed by atoms with Gasteiger partial charge in [-0.05, 0) is 12.1 Å². The Morgan fingerprint density at radius 1 is 0.941 bits per heavy atom. The molecule has 3 rings (SSSR count). The summed E-state index contributed by atoms with van der Waals surface area (Å²) in [5.74, 6) is 0.533. The van der Waals surface area contributed by atoms with Gasteiger partial charge in [-0.1, -0.05) is 42.5 Å². The van der Waals surface area contributed by atoms with E-state index in [2.05, 4.69) is 5.32 Å². The summed E-state index contributed by atoms with van der Waals surface area (Å²) >= 11 is 0. The zero-order chi connectivity index (χ0) is 11.7. The normalized spacial score (nSPS) is 17.9. The average Bonchev–Trinajstić information content (AvgIpc) is 2.40. The predicted molar refractivity (Wildman–Crippen MR) is 63.7 cm³/mol. The van der Waals surface area contributed by atoms with Crippen LogP contribution in [0.5, 0.6) is 5.75 Å². The topological polar surface area (TPSA) is 38.3 Å². The minimum absolute atomic E-state index is 0.0966. The van der Waals surface area contributed by atoms with E-state index < -0.39 is 6.23 Å². The smallest absolute Gasteiger partial charge is 0.258 e. The van der Waals surface area contributed by atoms with Gasteiger partial charge in [0.2, 0.25) is 0 Å². The maximum atomic E-state index is 11.9. The largest absolute Gasteiger partial charge is 0.466 e.